The van der Waals surface area contributed by atoms with Gasteiger partial charge in [0.2, 0.25) is 0 Å². The zero-order chi connectivity index (χ0) is 13.0. The molecule has 1 fully saturated rings. The van der Waals surface area contributed by atoms with Crippen molar-refractivity contribution >= 4 is 29.0 Å². The fourth-order valence-corrected chi connectivity index (χ4v) is 2.53. The molecular formula is C13H17Cl2N3. The summed E-state index contributed by atoms with van der Waals surface area (Å²) in [5.74, 6) is 6.23. The van der Waals surface area contributed by atoms with Crippen molar-refractivity contribution in [3.05, 3.63) is 33.8 Å². The third kappa shape index (κ3) is 3.37. The predicted molar refractivity (Wildman–Crippen MR) is 77.2 cm³/mol. The van der Waals surface area contributed by atoms with E-state index in [-0.39, 0.29) is 0 Å². The van der Waals surface area contributed by atoms with Gasteiger partial charge >= 0.3 is 0 Å². The Morgan fingerprint density at radius 1 is 1.17 bits per heavy atom. The summed E-state index contributed by atoms with van der Waals surface area (Å²) in [6, 6.07) is 5.77. The minimum absolute atomic E-state index is 0.360. The predicted octanol–water partition coefficient (Wildman–Crippen LogP) is 3.54. The van der Waals surface area contributed by atoms with E-state index in [0.29, 0.717) is 21.9 Å². The fraction of sp³-hybridized carbons (Fsp3) is 0.462. The van der Waals surface area contributed by atoms with Crippen LogP contribution in [0.5, 0.6) is 0 Å². The molecule has 3 nitrogen and oxygen atoms in total. The van der Waals surface area contributed by atoms with Crippen molar-refractivity contribution in [1.82, 2.24) is 5.43 Å². The van der Waals surface area contributed by atoms with E-state index in [1.165, 1.54) is 19.3 Å². The second kappa shape index (κ2) is 6.41. The van der Waals surface area contributed by atoms with Crippen LogP contribution in [0.2, 0.25) is 10.0 Å². The van der Waals surface area contributed by atoms with Crippen molar-refractivity contribution in [2.24, 2.45) is 10.8 Å². The van der Waals surface area contributed by atoms with Gasteiger partial charge in [0.1, 0.15) is 5.84 Å². The highest BCUT2D eigenvalue weighted by Gasteiger charge is 2.14. The molecule has 0 radical (unpaired) electrons. The van der Waals surface area contributed by atoms with Crippen molar-refractivity contribution in [1.29, 1.82) is 0 Å². The van der Waals surface area contributed by atoms with Gasteiger partial charge in [-0.2, -0.15) is 0 Å². The molecule has 0 atom stereocenters. The van der Waals surface area contributed by atoms with Crippen molar-refractivity contribution in [3.8, 4) is 0 Å². The maximum Gasteiger partial charge on any atom is 0.142 e. The first kappa shape index (κ1) is 13.7. The van der Waals surface area contributed by atoms with Gasteiger partial charge in [-0.15, -0.1) is 0 Å². The summed E-state index contributed by atoms with van der Waals surface area (Å²) in [6.45, 7) is 0. The van der Waals surface area contributed by atoms with Crippen LogP contribution >= 0.6 is 23.2 Å². The first-order valence-electron chi connectivity index (χ1n) is 6.20. The van der Waals surface area contributed by atoms with Gasteiger partial charge in [-0.3, -0.25) is 4.99 Å². The molecular weight excluding hydrogens is 269 g/mol. The van der Waals surface area contributed by atoms with E-state index in [1.54, 1.807) is 12.1 Å². The van der Waals surface area contributed by atoms with Crippen LogP contribution in [0.15, 0.2) is 23.2 Å². The van der Waals surface area contributed by atoms with Gasteiger partial charge in [0, 0.05) is 5.56 Å². The molecule has 0 spiro atoms. The zero-order valence-corrected chi connectivity index (χ0v) is 11.6. The third-order valence-electron chi connectivity index (χ3n) is 3.22. The van der Waals surface area contributed by atoms with Crippen LogP contribution in [0.4, 0.5) is 0 Å². The minimum atomic E-state index is 0.360. The number of aliphatic imine (C=N–C) groups is 1. The summed E-state index contributed by atoms with van der Waals surface area (Å²) in [7, 11) is 0. The van der Waals surface area contributed by atoms with E-state index in [4.69, 9.17) is 29.0 Å². The number of benzene rings is 1. The molecule has 1 aromatic carbocycles. The lowest BCUT2D eigenvalue weighted by Gasteiger charge is -2.19. The van der Waals surface area contributed by atoms with Crippen LogP contribution in [0.25, 0.3) is 0 Å². The SMILES string of the molecule is NNC(=NC1CCCCC1)c1ccc(Cl)c(Cl)c1. The monoisotopic (exact) mass is 285 g/mol. The Labute approximate surface area is 117 Å². The molecule has 18 heavy (non-hydrogen) atoms. The van der Waals surface area contributed by atoms with Crippen molar-refractivity contribution in [3.63, 3.8) is 0 Å². The van der Waals surface area contributed by atoms with Crippen LogP contribution in [0.3, 0.4) is 0 Å². The van der Waals surface area contributed by atoms with Crippen molar-refractivity contribution in [2.75, 3.05) is 0 Å². The normalized spacial score (nSPS) is 17.8. The van der Waals surface area contributed by atoms with Gasteiger partial charge < -0.3 is 5.43 Å². The fourth-order valence-electron chi connectivity index (χ4n) is 2.23. The summed E-state index contributed by atoms with van der Waals surface area (Å²) in [6.07, 6.45) is 6.06. The van der Waals surface area contributed by atoms with Gasteiger partial charge in [0.25, 0.3) is 0 Å². The van der Waals surface area contributed by atoms with E-state index in [1.807, 2.05) is 6.07 Å². The molecule has 1 aromatic rings. The molecule has 1 saturated carbocycles. The second-order valence-electron chi connectivity index (χ2n) is 4.54. The summed E-state index contributed by atoms with van der Waals surface area (Å²) < 4.78 is 0. The van der Waals surface area contributed by atoms with Crippen molar-refractivity contribution in [2.45, 2.75) is 38.1 Å². The van der Waals surface area contributed by atoms with Crippen LogP contribution in [0.1, 0.15) is 37.7 Å². The Morgan fingerprint density at radius 3 is 2.50 bits per heavy atom. The van der Waals surface area contributed by atoms with E-state index in [9.17, 15) is 0 Å². The van der Waals surface area contributed by atoms with Crippen LogP contribution in [-0.2, 0) is 0 Å². The Balaban J connectivity index is 2.20. The van der Waals surface area contributed by atoms with Gasteiger partial charge in [-0.05, 0) is 31.0 Å². The number of nitrogens with zero attached hydrogens (tertiary/aromatic N) is 1. The molecule has 0 heterocycles. The lowest BCUT2D eigenvalue weighted by Crippen LogP contribution is -2.32. The highest BCUT2D eigenvalue weighted by atomic mass is 35.5. The highest BCUT2D eigenvalue weighted by molar-refractivity contribution is 6.42. The summed E-state index contributed by atoms with van der Waals surface area (Å²) in [5.41, 5.74) is 3.53. The average Bonchev–Trinajstić information content (AvgIpc) is 2.40. The van der Waals surface area contributed by atoms with Gasteiger partial charge in [-0.1, -0.05) is 42.5 Å². The standard InChI is InChI=1S/C13H17Cl2N3/c14-11-7-6-9(8-12(11)15)13(18-16)17-10-4-2-1-3-5-10/h6-8,10H,1-5,16H2,(H,17,18). The van der Waals surface area contributed by atoms with E-state index < -0.39 is 0 Å². The topological polar surface area (TPSA) is 50.4 Å². The molecule has 2 rings (SSSR count). The Morgan fingerprint density at radius 2 is 1.89 bits per heavy atom. The zero-order valence-electron chi connectivity index (χ0n) is 10.1. The molecule has 0 aromatic heterocycles. The van der Waals surface area contributed by atoms with Gasteiger partial charge in [0.15, 0.2) is 0 Å². The molecule has 0 unspecified atom stereocenters. The maximum absolute atomic E-state index is 6.00. The lowest BCUT2D eigenvalue weighted by molar-refractivity contribution is 0.442. The Bertz CT molecular complexity index is 440. The Kier molecular flexibility index (Phi) is 4.87. The van der Waals surface area contributed by atoms with Crippen LogP contribution < -0.4 is 11.3 Å². The minimum Gasteiger partial charge on any atom is -0.308 e. The highest BCUT2D eigenvalue weighted by Crippen LogP contribution is 2.24. The Hall–Kier alpha value is -0.770. The molecule has 0 saturated heterocycles. The van der Waals surface area contributed by atoms with Crippen molar-refractivity contribution < 1.29 is 0 Å². The molecule has 98 valence electrons. The largest absolute Gasteiger partial charge is 0.308 e. The summed E-state index contributed by atoms with van der Waals surface area (Å²) in [5, 5.41) is 1.05. The second-order valence-corrected chi connectivity index (χ2v) is 5.36. The van der Waals surface area contributed by atoms with Gasteiger partial charge in [0.05, 0.1) is 16.1 Å². The molecule has 1 aliphatic carbocycles. The molecule has 0 amide bonds. The average molecular weight is 286 g/mol. The van der Waals surface area contributed by atoms with Crippen LogP contribution in [0, 0.1) is 0 Å². The maximum atomic E-state index is 6.00. The summed E-state index contributed by atoms with van der Waals surface area (Å²) >= 11 is 11.9. The lowest BCUT2D eigenvalue weighted by atomic mass is 9.96. The number of nitrogens with one attached hydrogen (secondary N) is 1. The number of rotatable bonds is 2. The number of hydrogen-bond donors (Lipinski definition) is 2. The number of hydrogen-bond acceptors (Lipinski definition) is 2. The molecule has 0 bridgehead atoms. The van der Waals surface area contributed by atoms with Gasteiger partial charge in [-0.25, -0.2) is 5.84 Å². The quantitative estimate of drug-likeness (QED) is 0.378. The van der Waals surface area contributed by atoms with Crippen LogP contribution in [-0.4, -0.2) is 11.9 Å². The number of amidine groups is 1. The number of hydrazine groups is 1. The number of nitrogens with two attached hydrogens (primary N) is 1. The molecule has 3 N–H and O–H groups in total. The van der Waals surface area contributed by atoms with E-state index in [2.05, 4.69) is 10.4 Å². The number of halogens is 2. The molecule has 5 heteroatoms. The van der Waals surface area contributed by atoms with E-state index in [0.717, 1.165) is 18.4 Å². The molecule has 0 aliphatic heterocycles. The summed E-state index contributed by atoms with van der Waals surface area (Å²) in [4.78, 5) is 4.67. The first-order valence-corrected chi connectivity index (χ1v) is 6.96. The first-order chi connectivity index (χ1) is 8.70. The van der Waals surface area contributed by atoms with E-state index >= 15 is 0 Å². The third-order valence-corrected chi connectivity index (χ3v) is 3.96. The molecule has 1 aliphatic rings. The smallest absolute Gasteiger partial charge is 0.142 e.